The van der Waals surface area contributed by atoms with Crippen LogP contribution in [0.2, 0.25) is 0 Å². The molecule has 0 bridgehead atoms. The van der Waals surface area contributed by atoms with E-state index in [2.05, 4.69) is 34.5 Å². The molecular formula is C15H27N5O. The average Bonchev–Trinajstić information content (AvgIpc) is 3.19. The summed E-state index contributed by atoms with van der Waals surface area (Å²) in [6.45, 7) is 9.01. The summed E-state index contributed by atoms with van der Waals surface area (Å²) in [4.78, 5) is 14.1. The maximum absolute atomic E-state index is 11.8. The lowest BCUT2D eigenvalue weighted by molar-refractivity contribution is -0.116. The van der Waals surface area contributed by atoms with E-state index in [0.717, 1.165) is 38.4 Å². The average molecular weight is 293 g/mol. The molecule has 21 heavy (non-hydrogen) atoms. The molecule has 0 radical (unpaired) electrons. The zero-order valence-corrected chi connectivity index (χ0v) is 13.1. The van der Waals surface area contributed by atoms with Crippen molar-refractivity contribution in [2.45, 2.75) is 45.7 Å². The van der Waals surface area contributed by atoms with Gasteiger partial charge < -0.3 is 15.5 Å². The first kappa shape index (κ1) is 16.0. The summed E-state index contributed by atoms with van der Waals surface area (Å²) in [5.74, 6) is 0.0476. The first-order chi connectivity index (χ1) is 10.2. The van der Waals surface area contributed by atoms with E-state index >= 15 is 0 Å². The topological polar surface area (TPSA) is 62.2 Å². The number of likely N-dealkylation sites (N-methyl/N-ethyl adjacent to an activating group) is 1. The summed E-state index contributed by atoms with van der Waals surface area (Å²) in [7, 11) is 0. The molecule has 1 aliphatic rings. The van der Waals surface area contributed by atoms with E-state index in [0.29, 0.717) is 12.5 Å². The molecule has 1 aromatic rings. The standard InChI is InChI=1S/C15H27N5O/c1-3-19(4-2)9-10-20-12-14(11-17-20)18-15(21)7-8-16-13-5-6-13/h11-13,16H,3-10H2,1-2H3,(H,18,21). The van der Waals surface area contributed by atoms with Crippen molar-refractivity contribution in [1.82, 2.24) is 20.0 Å². The Bertz CT molecular complexity index is 437. The van der Waals surface area contributed by atoms with Crippen molar-refractivity contribution >= 4 is 11.6 Å². The van der Waals surface area contributed by atoms with Crippen LogP contribution in [0.1, 0.15) is 33.1 Å². The van der Waals surface area contributed by atoms with Crippen molar-refractivity contribution in [2.75, 3.05) is 31.5 Å². The van der Waals surface area contributed by atoms with Crippen molar-refractivity contribution in [3.8, 4) is 0 Å². The third kappa shape index (κ3) is 5.85. The minimum Gasteiger partial charge on any atom is -0.323 e. The molecule has 0 aliphatic heterocycles. The Kier molecular flexibility index (Phi) is 6.20. The van der Waals surface area contributed by atoms with Crippen LogP contribution in [-0.2, 0) is 11.3 Å². The molecule has 2 rings (SSSR count). The number of carbonyl (C=O) groups excluding carboxylic acids is 1. The lowest BCUT2D eigenvalue weighted by Crippen LogP contribution is -2.27. The molecule has 0 atom stereocenters. The second kappa shape index (κ2) is 8.14. The molecule has 1 heterocycles. The summed E-state index contributed by atoms with van der Waals surface area (Å²) in [5, 5.41) is 10.5. The maximum atomic E-state index is 11.8. The molecule has 118 valence electrons. The summed E-state index contributed by atoms with van der Waals surface area (Å²) in [5.41, 5.74) is 0.783. The van der Waals surface area contributed by atoms with Crippen molar-refractivity contribution in [3.05, 3.63) is 12.4 Å². The SMILES string of the molecule is CCN(CC)CCn1cc(NC(=O)CCNC2CC2)cn1. The van der Waals surface area contributed by atoms with Gasteiger partial charge in [0.25, 0.3) is 0 Å². The third-order valence-corrected chi connectivity index (χ3v) is 3.82. The van der Waals surface area contributed by atoms with Gasteiger partial charge in [-0.1, -0.05) is 13.8 Å². The first-order valence-electron chi connectivity index (χ1n) is 7.99. The van der Waals surface area contributed by atoms with E-state index in [1.54, 1.807) is 6.20 Å². The van der Waals surface area contributed by atoms with Crippen LogP contribution < -0.4 is 10.6 Å². The molecule has 0 saturated heterocycles. The third-order valence-electron chi connectivity index (χ3n) is 3.82. The van der Waals surface area contributed by atoms with Crippen molar-refractivity contribution < 1.29 is 4.79 Å². The van der Waals surface area contributed by atoms with E-state index in [-0.39, 0.29) is 5.91 Å². The van der Waals surface area contributed by atoms with Crippen LogP contribution in [-0.4, -0.2) is 52.8 Å². The summed E-state index contributed by atoms with van der Waals surface area (Å²) in [6, 6.07) is 0.653. The van der Waals surface area contributed by atoms with Crippen LogP contribution in [0, 0.1) is 0 Å². The van der Waals surface area contributed by atoms with Crippen LogP contribution in [0.15, 0.2) is 12.4 Å². The zero-order valence-electron chi connectivity index (χ0n) is 13.1. The number of aromatic nitrogens is 2. The first-order valence-corrected chi connectivity index (χ1v) is 7.99. The van der Waals surface area contributed by atoms with Gasteiger partial charge in [-0.15, -0.1) is 0 Å². The van der Waals surface area contributed by atoms with E-state index in [9.17, 15) is 4.79 Å². The lowest BCUT2D eigenvalue weighted by atomic mass is 10.4. The van der Waals surface area contributed by atoms with E-state index < -0.39 is 0 Å². The predicted octanol–water partition coefficient (Wildman–Crippen LogP) is 1.31. The molecule has 6 heteroatoms. The fourth-order valence-electron chi connectivity index (χ4n) is 2.23. The molecule has 0 spiro atoms. The van der Waals surface area contributed by atoms with Gasteiger partial charge in [0, 0.05) is 31.7 Å². The minimum atomic E-state index is 0.0476. The Morgan fingerprint density at radius 3 is 2.86 bits per heavy atom. The predicted molar refractivity (Wildman–Crippen MR) is 84.3 cm³/mol. The number of hydrogen-bond acceptors (Lipinski definition) is 4. The normalized spacial score (nSPS) is 14.6. The lowest BCUT2D eigenvalue weighted by Gasteiger charge is -2.17. The zero-order chi connectivity index (χ0) is 15.1. The maximum Gasteiger partial charge on any atom is 0.225 e. The van der Waals surface area contributed by atoms with E-state index in [4.69, 9.17) is 0 Å². The van der Waals surface area contributed by atoms with E-state index in [1.165, 1.54) is 12.8 Å². The molecule has 1 saturated carbocycles. The van der Waals surface area contributed by atoms with Crippen LogP contribution in [0.3, 0.4) is 0 Å². The number of amides is 1. The largest absolute Gasteiger partial charge is 0.323 e. The molecule has 0 unspecified atom stereocenters. The molecule has 6 nitrogen and oxygen atoms in total. The van der Waals surface area contributed by atoms with Crippen LogP contribution in [0.5, 0.6) is 0 Å². The van der Waals surface area contributed by atoms with Gasteiger partial charge in [-0.3, -0.25) is 9.48 Å². The van der Waals surface area contributed by atoms with Crippen LogP contribution >= 0.6 is 0 Å². The summed E-state index contributed by atoms with van der Waals surface area (Å²) < 4.78 is 1.89. The van der Waals surface area contributed by atoms with Gasteiger partial charge in [0.2, 0.25) is 5.91 Å². The second-order valence-corrected chi connectivity index (χ2v) is 5.55. The van der Waals surface area contributed by atoms with Gasteiger partial charge in [-0.2, -0.15) is 5.10 Å². The molecule has 1 aromatic heterocycles. The second-order valence-electron chi connectivity index (χ2n) is 5.55. The van der Waals surface area contributed by atoms with Crippen LogP contribution in [0.25, 0.3) is 0 Å². The number of nitrogens with zero attached hydrogens (tertiary/aromatic N) is 3. The molecule has 0 aromatic carbocycles. The Labute approximate surface area is 126 Å². The van der Waals surface area contributed by atoms with Gasteiger partial charge >= 0.3 is 0 Å². The number of nitrogens with one attached hydrogen (secondary N) is 2. The Balaban J connectivity index is 1.67. The fourth-order valence-corrected chi connectivity index (χ4v) is 2.23. The fraction of sp³-hybridized carbons (Fsp3) is 0.733. The van der Waals surface area contributed by atoms with Crippen molar-refractivity contribution in [3.63, 3.8) is 0 Å². The Morgan fingerprint density at radius 1 is 1.43 bits per heavy atom. The number of anilines is 1. The number of rotatable bonds is 10. The Hall–Kier alpha value is -1.40. The highest BCUT2D eigenvalue weighted by atomic mass is 16.1. The highest BCUT2D eigenvalue weighted by molar-refractivity contribution is 5.90. The van der Waals surface area contributed by atoms with Gasteiger partial charge in [-0.05, 0) is 25.9 Å². The highest BCUT2D eigenvalue weighted by Gasteiger charge is 2.20. The van der Waals surface area contributed by atoms with Crippen molar-refractivity contribution in [1.29, 1.82) is 0 Å². The quantitative estimate of drug-likeness (QED) is 0.683. The van der Waals surface area contributed by atoms with Crippen molar-refractivity contribution in [2.24, 2.45) is 0 Å². The van der Waals surface area contributed by atoms with Crippen LogP contribution in [0.4, 0.5) is 5.69 Å². The van der Waals surface area contributed by atoms with E-state index in [1.807, 2.05) is 10.9 Å². The number of carbonyl (C=O) groups is 1. The monoisotopic (exact) mass is 293 g/mol. The molecule has 2 N–H and O–H groups in total. The number of hydrogen-bond donors (Lipinski definition) is 2. The summed E-state index contributed by atoms with van der Waals surface area (Å²) >= 11 is 0. The van der Waals surface area contributed by atoms with Gasteiger partial charge in [0.1, 0.15) is 0 Å². The minimum absolute atomic E-state index is 0.0476. The molecule has 1 aliphatic carbocycles. The molecular weight excluding hydrogens is 266 g/mol. The molecule has 1 amide bonds. The molecule has 1 fully saturated rings. The smallest absolute Gasteiger partial charge is 0.225 e. The van der Waals surface area contributed by atoms with Gasteiger partial charge in [0.05, 0.1) is 18.4 Å². The van der Waals surface area contributed by atoms with Gasteiger partial charge in [-0.25, -0.2) is 0 Å². The highest BCUT2D eigenvalue weighted by Crippen LogP contribution is 2.18. The van der Waals surface area contributed by atoms with Gasteiger partial charge in [0.15, 0.2) is 0 Å². The summed E-state index contributed by atoms with van der Waals surface area (Å²) in [6.07, 6.45) is 6.63. The Morgan fingerprint density at radius 2 is 2.19 bits per heavy atom.